The summed E-state index contributed by atoms with van der Waals surface area (Å²) in [6, 6.07) is 18.8. The third-order valence-corrected chi connectivity index (χ3v) is 9.87. The second-order valence-corrected chi connectivity index (χ2v) is 15.6. The van der Waals surface area contributed by atoms with Gasteiger partial charge in [0.2, 0.25) is 5.82 Å². The number of carbonyl (C=O) groups excluding carboxylic acids is 2. The van der Waals surface area contributed by atoms with Gasteiger partial charge in [-0.05, 0) is 118 Å². The van der Waals surface area contributed by atoms with E-state index in [9.17, 15) is 9.59 Å². The molecular formula is C42H51N7O5. The van der Waals surface area contributed by atoms with Gasteiger partial charge in [0.25, 0.3) is 5.91 Å². The first kappa shape index (κ1) is 38.2. The zero-order chi connectivity index (χ0) is 38.9. The van der Waals surface area contributed by atoms with Crippen molar-refractivity contribution in [3.63, 3.8) is 0 Å². The molecule has 2 atom stereocenters. The van der Waals surface area contributed by atoms with Crippen molar-refractivity contribution < 1.29 is 23.8 Å². The number of hydrogen-bond acceptors (Lipinski definition) is 10. The minimum absolute atomic E-state index is 0.187. The Bertz CT molecular complexity index is 2090. The van der Waals surface area contributed by atoms with Crippen molar-refractivity contribution in [3.05, 3.63) is 77.6 Å². The molecule has 0 spiro atoms. The van der Waals surface area contributed by atoms with Crippen molar-refractivity contribution in [2.45, 2.75) is 92.7 Å². The Balaban J connectivity index is 1.26. The highest BCUT2D eigenvalue weighted by Gasteiger charge is 2.39. The number of hydrogen-bond donors (Lipinski definition) is 1. The summed E-state index contributed by atoms with van der Waals surface area (Å²) in [5.74, 6) is 2.13. The molecular weight excluding hydrogens is 683 g/mol. The molecule has 1 aromatic heterocycles. The molecule has 0 bridgehead atoms. The molecule has 0 saturated heterocycles. The first-order valence-electron chi connectivity index (χ1n) is 18.6. The molecule has 3 aromatic carbocycles. The Morgan fingerprint density at radius 3 is 2.35 bits per heavy atom. The predicted molar refractivity (Wildman–Crippen MR) is 213 cm³/mol. The van der Waals surface area contributed by atoms with Crippen LogP contribution in [0.3, 0.4) is 0 Å². The number of benzene rings is 3. The van der Waals surface area contributed by atoms with Crippen molar-refractivity contribution in [2.75, 3.05) is 30.5 Å². The zero-order valence-corrected chi connectivity index (χ0v) is 33.0. The van der Waals surface area contributed by atoms with Crippen molar-refractivity contribution in [1.29, 1.82) is 0 Å². The van der Waals surface area contributed by atoms with E-state index in [-0.39, 0.29) is 35.3 Å². The van der Waals surface area contributed by atoms with Crippen LogP contribution < -0.4 is 19.7 Å². The van der Waals surface area contributed by atoms with Crippen molar-refractivity contribution in [3.8, 4) is 22.9 Å². The van der Waals surface area contributed by atoms with Gasteiger partial charge in [-0.2, -0.15) is 5.10 Å². The van der Waals surface area contributed by atoms with Crippen LogP contribution in [0.15, 0.2) is 70.8 Å². The van der Waals surface area contributed by atoms with Crippen molar-refractivity contribution >= 4 is 40.4 Å². The van der Waals surface area contributed by atoms with Crippen molar-refractivity contribution in [2.24, 2.45) is 15.5 Å². The summed E-state index contributed by atoms with van der Waals surface area (Å²) < 4.78 is 16.5. The van der Waals surface area contributed by atoms with E-state index in [0.717, 1.165) is 40.2 Å². The molecule has 1 amide bonds. The molecule has 1 N–H and O–H groups in total. The lowest BCUT2D eigenvalue weighted by molar-refractivity contribution is -0.141. The fourth-order valence-corrected chi connectivity index (χ4v) is 7.06. The summed E-state index contributed by atoms with van der Waals surface area (Å²) in [6.07, 6.45) is 0.710. The molecule has 4 aromatic rings. The first-order chi connectivity index (χ1) is 25.6. The highest BCUT2D eigenvalue weighted by Crippen LogP contribution is 2.46. The second-order valence-electron chi connectivity index (χ2n) is 15.6. The molecule has 0 aliphatic carbocycles. The topological polar surface area (TPSA) is 133 Å². The molecule has 2 unspecified atom stereocenters. The fraction of sp³-hybridized carbons (Fsp3) is 0.429. The Morgan fingerprint density at radius 1 is 1.04 bits per heavy atom. The molecule has 284 valence electrons. The molecule has 3 heterocycles. The maximum atomic E-state index is 13.1. The van der Waals surface area contributed by atoms with Crippen LogP contribution in [0, 0.1) is 12.3 Å². The Labute approximate surface area is 317 Å². The quantitative estimate of drug-likeness (QED) is 0.153. The molecule has 12 heteroatoms. The number of amides is 1. The van der Waals surface area contributed by atoms with Gasteiger partial charge in [0, 0.05) is 27.9 Å². The molecule has 54 heavy (non-hydrogen) atoms. The van der Waals surface area contributed by atoms with E-state index in [0.29, 0.717) is 47.6 Å². The molecule has 6 rings (SSSR count). The van der Waals surface area contributed by atoms with E-state index >= 15 is 0 Å². The minimum atomic E-state index is -0.666. The minimum Gasteiger partial charge on any atom is -0.497 e. The third-order valence-electron chi connectivity index (χ3n) is 9.87. The summed E-state index contributed by atoms with van der Waals surface area (Å²) >= 11 is 0. The molecule has 0 fully saturated rings. The highest BCUT2D eigenvalue weighted by atomic mass is 16.5. The van der Waals surface area contributed by atoms with Crippen molar-refractivity contribution in [1.82, 2.24) is 14.9 Å². The van der Waals surface area contributed by atoms with Crippen LogP contribution in [0.4, 0.5) is 17.1 Å². The second kappa shape index (κ2) is 15.1. The lowest BCUT2D eigenvalue weighted by atomic mass is 9.79. The van der Waals surface area contributed by atoms with Gasteiger partial charge in [0.05, 0.1) is 25.1 Å². The van der Waals surface area contributed by atoms with Crippen LogP contribution >= 0.6 is 0 Å². The number of aromatic nitrogens is 3. The van der Waals surface area contributed by atoms with Gasteiger partial charge in [-0.25, -0.2) is 9.98 Å². The SMILES string of the molecule is CCOC(=O)CN1c2cc(C)c(/N=C3/C(C(C)(C)C)=Nn4nc(-c5ccc(NC(=O)C(CC)Oc6ccc(OC)cc6)cc5)nc43)cc2C(C)CC1(C)C. The Morgan fingerprint density at radius 2 is 1.72 bits per heavy atom. The van der Waals surface area contributed by atoms with Gasteiger partial charge in [-0.3, -0.25) is 9.59 Å². The van der Waals surface area contributed by atoms with E-state index in [1.807, 2.05) is 45.0 Å². The smallest absolute Gasteiger partial charge is 0.325 e. The molecule has 2 aliphatic rings. The van der Waals surface area contributed by atoms with E-state index in [1.54, 1.807) is 36.2 Å². The highest BCUT2D eigenvalue weighted by molar-refractivity contribution is 6.50. The Kier molecular flexibility index (Phi) is 10.7. The summed E-state index contributed by atoms with van der Waals surface area (Å²) in [5.41, 5.74) is 6.28. The van der Waals surface area contributed by atoms with E-state index in [1.165, 1.54) is 0 Å². The zero-order valence-electron chi connectivity index (χ0n) is 33.0. The number of nitrogens with zero attached hydrogens (tertiary/aromatic N) is 6. The predicted octanol–water partition coefficient (Wildman–Crippen LogP) is 8.10. The van der Waals surface area contributed by atoms with Gasteiger partial charge >= 0.3 is 5.97 Å². The summed E-state index contributed by atoms with van der Waals surface area (Å²) in [4.78, 5) is 39.7. The van der Waals surface area contributed by atoms with Crippen LogP contribution in [-0.2, 0) is 14.3 Å². The molecule has 12 nitrogen and oxygen atoms in total. The van der Waals surface area contributed by atoms with Gasteiger partial charge in [-0.15, -0.1) is 9.89 Å². The van der Waals surface area contributed by atoms with Gasteiger partial charge in [0.1, 0.15) is 23.8 Å². The number of ether oxygens (including phenoxy) is 3. The third kappa shape index (κ3) is 7.88. The maximum absolute atomic E-state index is 13.1. The van der Waals surface area contributed by atoms with Gasteiger partial charge in [-0.1, -0.05) is 34.6 Å². The van der Waals surface area contributed by atoms with Crippen LogP contribution in [-0.4, -0.2) is 70.1 Å². The standard InChI is InChI=1S/C42H51N7O5/c1-11-34(54-30-19-17-29(52-10)18-20-30)40(51)43-28-15-13-27(14-16-28)38-45-39-36(37(41(5,6)7)46-49(39)47-38)44-32-22-31-26(4)23-42(8,9)48(24-35(50)53-12-2)33(31)21-25(32)3/h13-22,26,34H,11-12,23-24H2,1-10H3,(H,43,51)/b44-36-. The maximum Gasteiger partial charge on any atom is 0.325 e. The largest absolute Gasteiger partial charge is 0.497 e. The summed E-state index contributed by atoms with van der Waals surface area (Å²) in [7, 11) is 1.60. The summed E-state index contributed by atoms with van der Waals surface area (Å²) in [5, 5.41) is 12.6. The molecule has 0 radical (unpaired) electrons. The van der Waals surface area contributed by atoms with E-state index in [2.05, 4.69) is 63.9 Å². The number of nitrogens with one attached hydrogen (secondary N) is 1. The van der Waals surface area contributed by atoms with Gasteiger partial charge < -0.3 is 24.4 Å². The van der Waals surface area contributed by atoms with Crippen LogP contribution in [0.5, 0.6) is 11.5 Å². The number of aryl methyl sites for hydroxylation is 1. The average Bonchev–Trinajstić information content (AvgIpc) is 3.69. The van der Waals surface area contributed by atoms with E-state index < -0.39 is 6.10 Å². The number of carbonyl (C=O) groups is 2. The molecule has 0 saturated carbocycles. The number of anilines is 2. The number of aliphatic imine (C=N–C) groups is 1. The number of methoxy groups -OCH3 is 1. The normalized spacial score (nSPS) is 17.4. The summed E-state index contributed by atoms with van der Waals surface area (Å²) in [6.45, 7) is 19.2. The average molecular weight is 734 g/mol. The fourth-order valence-electron chi connectivity index (χ4n) is 7.06. The lowest BCUT2D eigenvalue weighted by Crippen LogP contribution is -2.50. The molecule has 2 aliphatic heterocycles. The van der Waals surface area contributed by atoms with Crippen LogP contribution in [0.25, 0.3) is 11.4 Å². The van der Waals surface area contributed by atoms with E-state index in [4.69, 9.17) is 34.4 Å². The Hall–Kier alpha value is -5.52. The van der Waals surface area contributed by atoms with Crippen LogP contribution in [0.2, 0.25) is 0 Å². The number of esters is 1. The monoisotopic (exact) mass is 733 g/mol. The lowest BCUT2D eigenvalue weighted by Gasteiger charge is -2.47. The first-order valence-corrected chi connectivity index (χ1v) is 18.6. The number of rotatable bonds is 11. The van der Waals surface area contributed by atoms with Gasteiger partial charge in [0.15, 0.2) is 11.9 Å². The number of fused-ring (bicyclic) bond motifs is 2. The van der Waals surface area contributed by atoms with Crippen LogP contribution in [0.1, 0.15) is 91.1 Å².